The van der Waals surface area contributed by atoms with E-state index in [0.717, 1.165) is 11.3 Å². The first-order chi connectivity index (χ1) is 14.2. The molecule has 2 atom stereocenters. The lowest BCUT2D eigenvalue weighted by molar-refractivity contribution is -0.135. The van der Waals surface area contributed by atoms with E-state index in [2.05, 4.69) is 4.90 Å². The van der Waals surface area contributed by atoms with Gasteiger partial charge in [0.25, 0.3) is 5.91 Å². The topological polar surface area (TPSA) is 133 Å². The van der Waals surface area contributed by atoms with Crippen molar-refractivity contribution in [2.24, 2.45) is 11.5 Å². The van der Waals surface area contributed by atoms with E-state index >= 15 is 0 Å². The molecule has 11 heteroatoms. The number of aliphatic hydroxyl groups is 1. The average molecular weight is 456 g/mol. The molecule has 3 amide bonds. The summed E-state index contributed by atoms with van der Waals surface area (Å²) in [6.45, 7) is 2.39. The minimum absolute atomic E-state index is 0.0683. The summed E-state index contributed by atoms with van der Waals surface area (Å²) in [5.74, 6) is -1.38. The fourth-order valence-corrected chi connectivity index (χ4v) is 3.88. The molecular weight excluding hydrogens is 433 g/mol. The number of aliphatic hydroxyl groups excluding tert-OH is 1. The van der Waals surface area contributed by atoms with Gasteiger partial charge in [-0.25, -0.2) is 0 Å². The van der Waals surface area contributed by atoms with Crippen LogP contribution in [0.1, 0.15) is 12.0 Å². The van der Waals surface area contributed by atoms with Crippen molar-refractivity contribution in [1.82, 2.24) is 9.80 Å². The van der Waals surface area contributed by atoms with Gasteiger partial charge in [0.2, 0.25) is 11.8 Å². The molecule has 2 aliphatic rings. The average Bonchev–Trinajstić information content (AvgIpc) is 2.91. The summed E-state index contributed by atoms with van der Waals surface area (Å²) in [5, 5.41) is 9.80. The maximum atomic E-state index is 12.3. The van der Waals surface area contributed by atoms with E-state index in [4.69, 9.17) is 34.7 Å². The predicted octanol–water partition coefficient (Wildman–Crippen LogP) is -0.112. The minimum Gasteiger partial charge on any atom is -0.370 e. The van der Waals surface area contributed by atoms with Crippen molar-refractivity contribution >= 4 is 46.6 Å². The van der Waals surface area contributed by atoms with Gasteiger partial charge in [-0.3, -0.25) is 14.4 Å². The quantitative estimate of drug-likeness (QED) is 0.547. The zero-order valence-electron chi connectivity index (χ0n) is 16.1. The smallest absolute Gasteiger partial charge is 0.269 e. The summed E-state index contributed by atoms with van der Waals surface area (Å²) in [6.07, 6.45) is -1.40. The Morgan fingerprint density at radius 1 is 1.13 bits per heavy atom. The fraction of sp³-hybridized carbons (Fsp3) is 0.421. The highest BCUT2D eigenvalue weighted by Gasteiger charge is 2.36. The maximum absolute atomic E-state index is 12.3. The molecule has 1 aromatic carbocycles. The second-order valence-electron chi connectivity index (χ2n) is 7.22. The standard InChI is InChI=1S/C19H23Cl2N5O4/c20-15-16(21)19(30)26(18(15)29)10-11-1-3-12(4-2-11)24-5-7-25(8-6-24)17(28)13(22)9-14(23)27/h1-4,13,18,29H,5-10,22H2,(H2,23,27)/t13-,18?/m0/s1. The van der Waals surface area contributed by atoms with Crippen LogP contribution in [0.5, 0.6) is 0 Å². The molecule has 0 radical (unpaired) electrons. The first-order valence-electron chi connectivity index (χ1n) is 9.39. The maximum Gasteiger partial charge on any atom is 0.269 e. The summed E-state index contributed by atoms with van der Waals surface area (Å²) in [4.78, 5) is 40.2. The Hall–Kier alpha value is -2.33. The Kier molecular flexibility index (Phi) is 6.87. The van der Waals surface area contributed by atoms with Gasteiger partial charge >= 0.3 is 0 Å². The molecule has 2 aliphatic heterocycles. The van der Waals surface area contributed by atoms with Crippen LogP contribution in [-0.4, -0.2) is 71.1 Å². The largest absolute Gasteiger partial charge is 0.370 e. The number of hydrogen-bond donors (Lipinski definition) is 3. The molecule has 1 saturated heterocycles. The highest BCUT2D eigenvalue weighted by Crippen LogP contribution is 2.31. The Bertz CT molecular complexity index is 868. The van der Waals surface area contributed by atoms with Gasteiger partial charge in [0.1, 0.15) is 5.03 Å². The number of hydrogen-bond acceptors (Lipinski definition) is 6. The molecule has 0 saturated carbocycles. The van der Waals surface area contributed by atoms with Crippen LogP contribution < -0.4 is 16.4 Å². The first kappa shape index (κ1) is 22.4. The van der Waals surface area contributed by atoms with Crippen LogP contribution in [0.4, 0.5) is 5.69 Å². The van der Waals surface area contributed by atoms with Crippen molar-refractivity contribution in [1.29, 1.82) is 0 Å². The van der Waals surface area contributed by atoms with E-state index < -0.39 is 24.1 Å². The number of carbonyl (C=O) groups is 3. The molecule has 162 valence electrons. The van der Waals surface area contributed by atoms with E-state index in [1.165, 1.54) is 4.90 Å². The van der Waals surface area contributed by atoms with Crippen molar-refractivity contribution in [3.05, 3.63) is 39.9 Å². The van der Waals surface area contributed by atoms with Crippen molar-refractivity contribution < 1.29 is 19.5 Å². The van der Waals surface area contributed by atoms with Crippen molar-refractivity contribution in [3.63, 3.8) is 0 Å². The highest BCUT2D eigenvalue weighted by atomic mass is 35.5. The van der Waals surface area contributed by atoms with Crippen molar-refractivity contribution in [3.8, 4) is 0 Å². The second kappa shape index (κ2) is 9.22. The molecule has 1 fully saturated rings. The number of benzene rings is 1. The summed E-state index contributed by atoms with van der Waals surface area (Å²) < 4.78 is 0. The molecule has 30 heavy (non-hydrogen) atoms. The van der Waals surface area contributed by atoms with Crippen LogP contribution in [0.2, 0.25) is 0 Å². The van der Waals surface area contributed by atoms with E-state index in [1.807, 2.05) is 24.3 Å². The number of carbonyl (C=O) groups excluding carboxylic acids is 3. The number of amides is 3. The monoisotopic (exact) mass is 455 g/mol. The van der Waals surface area contributed by atoms with E-state index in [1.54, 1.807) is 4.90 Å². The van der Waals surface area contributed by atoms with Gasteiger partial charge in [0.05, 0.1) is 17.5 Å². The molecule has 1 unspecified atom stereocenters. The summed E-state index contributed by atoms with van der Waals surface area (Å²) in [5.41, 5.74) is 12.6. The molecule has 1 aromatic rings. The zero-order valence-corrected chi connectivity index (χ0v) is 17.6. The van der Waals surface area contributed by atoms with E-state index in [0.29, 0.717) is 26.2 Å². The van der Waals surface area contributed by atoms with Gasteiger partial charge in [-0.1, -0.05) is 35.3 Å². The predicted molar refractivity (Wildman–Crippen MR) is 112 cm³/mol. The van der Waals surface area contributed by atoms with Gasteiger partial charge in [-0.05, 0) is 17.7 Å². The second-order valence-corrected chi connectivity index (χ2v) is 8.01. The third kappa shape index (κ3) is 4.70. The number of halogens is 2. The van der Waals surface area contributed by atoms with Gasteiger partial charge in [0, 0.05) is 38.4 Å². The number of primary amides is 1. The van der Waals surface area contributed by atoms with Gasteiger partial charge in [-0.15, -0.1) is 0 Å². The Morgan fingerprint density at radius 2 is 1.73 bits per heavy atom. The van der Waals surface area contributed by atoms with Crippen LogP contribution in [-0.2, 0) is 20.9 Å². The summed E-state index contributed by atoms with van der Waals surface area (Å²) in [7, 11) is 0. The third-order valence-electron chi connectivity index (χ3n) is 5.16. The van der Waals surface area contributed by atoms with Crippen LogP contribution in [0, 0.1) is 0 Å². The summed E-state index contributed by atoms with van der Waals surface area (Å²) >= 11 is 11.6. The normalized spacial score (nSPS) is 20.7. The SMILES string of the molecule is NC(=O)C[C@H](N)C(=O)N1CCN(c2ccc(CN3C(=O)C(Cl)=C(Cl)C3O)cc2)CC1. The van der Waals surface area contributed by atoms with Crippen LogP contribution in [0.25, 0.3) is 0 Å². The van der Waals surface area contributed by atoms with Crippen LogP contribution >= 0.6 is 23.2 Å². The van der Waals surface area contributed by atoms with Gasteiger partial charge in [0.15, 0.2) is 6.23 Å². The zero-order chi connectivity index (χ0) is 22.0. The summed E-state index contributed by atoms with van der Waals surface area (Å²) in [6, 6.07) is 6.63. The number of anilines is 1. The molecule has 0 aliphatic carbocycles. The lowest BCUT2D eigenvalue weighted by Gasteiger charge is -2.37. The van der Waals surface area contributed by atoms with Crippen LogP contribution in [0.15, 0.2) is 34.3 Å². The molecule has 0 bridgehead atoms. The number of rotatable bonds is 6. The molecule has 2 heterocycles. The molecule has 5 N–H and O–H groups in total. The lowest BCUT2D eigenvalue weighted by Crippen LogP contribution is -2.53. The van der Waals surface area contributed by atoms with Gasteiger partial charge in [-0.2, -0.15) is 0 Å². The Labute approximate surface area is 183 Å². The number of nitrogens with zero attached hydrogens (tertiary/aromatic N) is 3. The Morgan fingerprint density at radius 3 is 2.23 bits per heavy atom. The van der Waals surface area contributed by atoms with Crippen LogP contribution in [0.3, 0.4) is 0 Å². The van der Waals surface area contributed by atoms with Gasteiger partial charge < -0.3 is 31.3 Å². The highest BCUT2D eigenvalue weighted by molar-refractivity contribution is 6.49. The molecular formula is C19H23Cl2N5O4. The minimum atomic E-state index is -1.24. The molecule has 9 nitrogen and oxygen atoms in total. The lowest BCUT2D eigenvalue weighted by atomic mass is 10.1. The van der Waals surface area contributed by atoms with E-state index in [9.17, 15) is 19.5 Å². The number of nitrogens with two attached hydrogens (primary N) is 2. The Balaban J connectivity index is 1.55. The molecule has 3 rings (SSSR count). The molecule has 0 spiro atoms. The molecule has 0 aromatic heterocycles. The third-order valence-corrected chi connectivity index (χ3v) is 6.01. The number of piperazine rings is 1. The van der Waals surface area contributed by atoms with Crippen molar-refractivity contribution in [2.45, 2.75) is 25.2 Å². The van der Waals surface area contributed by atoms with E-state index in [-0.39, 0.29) is 28.9 Å². The van der Waals surface area contributed by atoms with Crippen molar-refractivity contribution in [2.75, 3.05) is 31.1 Å². The first-order valence-corrected chi connectivity index (χ1v) is 10.2. The fourth-order valence-electron chi connectivity index (χ4n) is 3.48.